The Hall–Kier alpha value is -3.81. The van der Waals surface area contributed by atoms with E-state index in [1.165, 1.54) is 0 Å². The normalized spacial score (nSPS) is 12.8. The van der Waals surface area contributed by atoms with Gasteiger partial charge in [-0.15, -0.1) is 0 Å². The number of hydrogen-bond acceptors (Lipinski definition) is 4. The molecule has 0 fully saturated rings. The van der Waals surface area contributed by atoms with Crippen LogP contribution in [0.15, 0.2) is 60.8 Å². The summed E-state index contributed by atoms with van der Waals surface area (Å²) >= 11 is 0. The number of aromatic nitrogens is 1. The molecule has 8 heteroatoms. The summed E-state index contributed by atoms with van der Waals surface area (Å²) in [5, 5.41) is 6.24. The van der Waals surface area contributed by atoms with Crippen LogP contribution in [0.2, 0.25) is 0 Å². The van der Waals surface area contributed by atoms with E-state index in [-0.39, 0.29) is 18.9 Å². The molecule has 0 spiro atoms. The van der Waals surface area contributed by atoms with Crippen LogP contribution in [0.1, 0.15) is 25.0 Å². The van der Waals surface area contributed by atoms with E-state index in [0.717, 1.165) is 22.0 Å². The number of hydrogen-bond donors (Lipinski definition) is 4. The molecule has 8 nitrogen and oxygen atoms in total. The molecule has 0 unspecified atom stereocenters. The Bertz CT molecular complexity index is 1080. The summed E-state index contributed by atoms with van der Waals surface area (Å²) in [6.45, 7) is 3.64. The Morgan fingerprint density at radius 2 is 1.69 bits per heavy atom. The van der Waals surface area contributed by atoms with Crippen molar-refractivity contribution in [2.75, 3.05) is 0 Å². The molecule has 3 rings (SSSR count). The highest BCUT2D eigenvalue weighted by atomic mass is 16.5. The fourth-order valence-electron chi connectivity index (χ4n) is 3.46. The van der Waals surface area contributed by atoms with E-state index in [4.69, 9.17) is 10.5 Å². The zero-order valence-corrected chi connectivity index (χ0v) is 18.1. The van der Waals surface area contributed by atoms with Crippen LogP contribution in [0.5, 0.6) is 0 Å². The number of H-pyrrole nitrogens is 1. The van der Waals surface area contributed by atoms with Gasteiger partial charge in [0.05, 0.1) is 0 Å². The van der Waals surface area contributed by atoms with E-state index < -0.39 is 30.0 Å². The number of aromatic amines is 1. The fraction of sp³-hybridized carbons (Fsp3) is 0.292. The molecule has 168 valence electrons. The third kappa shape index (κ3) is 5.87. The molecule has 0 radical (unpaired) electrons. The Labute approximate surface area is 186 Å². The van der Waals surface area contributed by atoms with Crippen molar-refractivity contribution in [2.45, 2.75) is 39.0 Å². The van der Waals surface area contributed by atoms with Crippen molar-refractivity contribution in [1.82, 2.24) is 15.6 Å². The highest BCUT2D eigenvalue weighted by molar-refractivity contribution is 5.92. The van der Waals surface area contributed by atoms with Gasteiger partial charge in [-0.05, 0) is 23.1 Å². The third-order valence-electron chi connectivity index (χ3n) is 5.19. The van der Waals surface area contributed by atoms with Crippen molar-refractivity contribution < 1.29 is 19.1 Å². The highest BCUT2D eigenvalue weighted by Crippen LogP contribution is 2.19. The molecule has 3 aromatic rings. The molecule has 0 saturated carbocycles. The summed E-state index contributed by atoms with van der Waals surface area (Å²) in [4.78, 5) is 40.4. The largest absolute Gasteiger partial charge is 0.445 e. The lowest BCUT2D eigenvalue weighted by molar-refractivity contribution is -0.129. The van der Waals surface area contributed by atoms with Crippen molar-refractivity contribution in [2.24, 2.45) is 11.7 Å². The zero-order valence-electron chi connectivity index (χ0n) is 18.1. The van der Waals surface area contributed by atoms with Crippen LogP contribution in [0.4, 0.5) is 4.79 Å². The van der Waals surface area contributed by atoms with Gasteiger partial charge in [0.15, 0.2) is 0 Å². The first-order valence-electron chi connectivity index (χ1n) is 10.5. The first-order valence-corrected chi connectivity index (χ1v) is 10.5. The molecule has 2 atom stereocenters. The predicted molar refractivity (Wildman–Crippen MR) is 122 cm³/mol. The molecule has 1 heterocycles. The smallest absolute Gasteiger partial charge is 0.408 e. The van der Waals surface area contributed by atoms with Gasteiger partial charge in [0.1, 0.15) is 18.7 Å². The van der Waals surface area contributed by atoms with E-state index in [1.54, 1.807) is 20.0 Å². The Balaban J connectivity index is 1.75. The van der Waals surface area contributed by atoms with Crippen LogP contribution in [-0.4, -0.2) is 35.0 Å². The predicted octanol–water partition coefficient (Wildman–Crippen LogP) is 2.63. The number of amides is 3. The van der Waals surface area contributed by atoms with Crippen molar-refractivity contribution in [1.29, 1.82) is 0 Å². The summed E-state index contributed by atoms with van der Waals surface area (Å²) in [6, 6.07) is 15.1. The van der Waals surface area contributed by atoms with Gasteiger partial charge in [-0.1, -0.05) is 62.4 Å². The quantitative estimate of drug-likeness (QED) is 0.411. The van der Waals surface area contributed by atoms with E-state index in [0.29, 0.717) is 0 Å². The van der Waals surface area contributed by atoms with E-state index >= 15 is 0 Å². The Morgan fingerprint density at radius 3 is 2.38 bits per heavy atom. The molecule has 1 aromatic heterocycles. The number of para-hydroxylation sites is 1. The number of carbonyl (C=O) groups excluding carboxylic acids is 3. The maximum Gasteiger partial charge on any atom is 0.408 e. The van der Waals surface area contributed by atoms with Crippen LogP contribution in [0.25, 0.3) is 10.9 Å². The van der Waals surface area contributed by atoms with E-state index in [9.17, 15) is 14.4 Å². The lowest BCUT2D eigenvalue weighted by Crippen LogP contribution is -2.55. The lowest BCUT2D eigenvalue weighted by Gasteiger charge is -2.23. The van der Waals surface area contributed by atoms with E-state index in [1.807, 2.05) is 54.6 Å². The highest BCUT2D eigenvalue weighted by Gasteiger charge is 2.28. The number of ether oxygens (including phenoxy) is 1. The van der Waals surface area contributed by atoms with Gasteiger partial charge < -0.3 is 26.1 Å². The number of alkyl carbamates (subject to hydrolysis) is 1. The van der Waals surface area contributed by atoms with E-state index in [2.05, 4.69) is 15.6 Å². The molecular weight excluding hydrogens is 408 g/mol. The number of benzene rings is 2. The standard InChI is InChI=1S/C24H28N4O4/c1-15(2)21(22(25)29)28-23(30)20(12-17-13-26-19-11-7-6-10-18(17)19)27-24(31)32-14-16-8-4-3-5-9-16/h3-11,13,15,20-21,26H,12,14H2,1-2H3,(H2,25,29)(H,27,31)(H,28,30)/t20-,21-/m1/s1. The first-order chi connectivity index (χ1) is 15.3. The number of fused-ring (bicyclic) bond motifs is 1. The van der Waals surface area contributed by atoms with Gasteiger partial charge in [-0.2, -0.15) is 0 Å². The summed E-state index contributed by atoms with van der Waals surface area (Å²) in [5.74, 6) is -1.34. The molecule has 3 amide bonds. The Morgan fingerprint density at radius 1 is 1.00 bits per heavy atom. The van der Waals surface area contributed by atoms with Crippen LogP contribution in [0, 0.1) is 5.92 Å². The van der Waals surface area contributed by atoms with Gasteiger partial charge >= 0.3 is 6.09 Å². The van der Waals surface area contributed by atoms with Crippen molar-refractivity contribution in [3.8, 4) is 0 Å². The SMILES string of the molecule is CC(C)[C@@H](NC(=O)[C@@H](Cc1c[nH]c2ccccc12)NC(=O)OCc1ccccc1)C(N)=O. The molecule has 0 saturated heterocycles. The Kier molecular flexibility index (Phi) is 7.49. The number of rotatable bonds is 9. The van der Waals surface area contributed by atoms with Gasteiger partial charge in [0.25, 0.3) is 0 Å². The molecule has 2 aromatic carbocycles. The minimum absolute atomic E-state index is 0.0734. The van der Waals surface area contributed by atoms with Gasteiger partial charge in [0.2, 0.25) is 11.8 Å². The number of nitrogens with two attached hydrogens (primary N) is 1. The first kappa shape index (κ1) is 22.9. The number of carbonyl (C=O) groups is 3. The van der Waals surface area contributed by atoms with Gasteiger partial charge in [-0.3, -0.25) is 9.59 Å². The summed E-state index contributed by atoms with van der Waals surface area (Å²) in [7, 11) is 0. The lowest BCUT2D eigenvalue weighted by atomic mass is 10.0. The topological polar surface area (TPSA) is 126 Å². The molecule has 32 heavy (non-hydrogen) atoms. The zero-order chi connectivity index (χ0) is 23.1. The molecule has 0 aliphatic rings. The molecule has 0 aliphatic heterocycles. The van der Waals surface area contributed by atoms with Crippen molar-refractivity contribution >= 4 is 28.8 Å². The summed E-state index contributed by atoms with van der Waals surface area (Å²) in [6.07, 6.45) is 1.28. The molecular formula is C24H28N4O4. The average molecular weight is 437 g/mol. The molecule has 0 aliphatic carbocycles. The second-order valence-corrected chi connectivity index (χ2v) is 7.95. The number of primary amides is 1. The minimum atomic E-state index is -0.960. The van der Waals surface area contributed by atoms with Crippen molar-refractivity contribution in [3.05, 3.63) is 71.9 Å². The van der Waals surface area contributed by atoms with Crippen LogP contribution in [0.3, 0.4) is 0 Å². The number of nitrogens with one attached hydrogen (secondary N) is 3. The second-order valence-electron chi connectivity index (χ2n) is 7.95. The fourth-order valence-corrected chi connectivity index (χ4v) is 3.46. The second kappa shape index (κ2) is 10.5. The third-order valence-corrected chi connectivity index (χ3v) is 5.19. The minimum Gasteiger partial charge on any atom is -0.445 e. The van der Waals surface area contributed by atoms with Crippen molar-refractivity contribution in [3.63, 3.8) is 0 Å². The summed E-state index contributed by atoms with van der Waals surface area (Å²) < 4.78 is 5.29. The van der Waals surface area contributed by atoms with Crippen LogP contribution < -0.4 is 16.4 Å². The monoisotopic (exact) mass is 436 g/mol. The maximum absolute atomic E-state index is 13.0. The maximum atomic E-state index is 13.0. The average Bonchev–Trinajstić information content (AvgIpc) is 3.18. The molecule has 0 bridgehead atoms. The molecule has 5 N–H and O–H groups in total. The summed E-state index contributed by atoms with van der Waals surface area (Å²) in [5.41, 5.74) is 8.04. The van der Waals surface area contributed by atoms with Crippen LogP contribution >= 0.6 is 0 Å². The van der Waals surface area contributed by atoms with Crippen LogP contribution in [-0.2, 0) is 27.4 Å². The van der Waals surface area contributed by atoms with Gasteiger partial charge in [0, 0.05) is 23.5 Å². The van der Waals surface area contributed by atoms with Gasteiger partial charge in [-0.25, -0.2) is 4.79 Å².